The molecular formula is C32H34N6O6. The number of carbonyl (C=O) groups excluding carboxylic acids is 3. The second-order valence-corrected chi connectivity index (χ2v) is 11.0. The number of aryl methyl sites for hydroxylation is 1. The van der Waals surface area contributed by atoms with E-state index in [1.807, 2.05) is 42.5 Å². The predicted octanol–water partition coefficient (Wildman–Crippen LogP) is 2.85. The Kier molecular flexibility index (Phi) is 8.42. The van der Waals surface area contributed by atoms with E-state index in [2.05, 4.69) is 15.4 Å². The Hall–Kier alpha value is -4.97. The number of likely N-dealkylation sites (N-methyl/N-ethyl adjacent to an activating group) is 1. The van der Waals surface area contributed by atoms with Gasteiger partial charge in [0, 0.05) is 39.0 Å². The molecule has 2 aromatic carbocycles. The minimum atomic E-state index is -0.508. The lowest BCUT2D eigenvalue weighted by atomic mass is 10.0. The Morgan fingerprint density at radius 3 is 2.84 bits per heavy atom. The van der Waals surface area contributed by atoms with E-state index in [9.17, 15) is 14.4 Å². The molecule has 228 valence electrons. The van der Waals surface area contributed by atoms with E-state index in [-0.39, 0.29) is 49.9 Å². The molecule has 12 heteroatoms. The number of methoxy groups -OCH3 is 1. The van der Waals surface area contributed by atoms with Gasteiger partial charge in [-0.3, -0.25) is 14.4 Å². The molecule has 4 bridgehead atoms. The molecule has 44 heavy (non-hydrogen) atoms. The zero-order chi connectivity index (χ0) is 30.6. The van der Waals surface area contributed by atoms with Gasteiger partial charge in [-0.05, 0) is 54.3 Å². The van der Waals surface area contributed by atoms with Crippen LogP contribution in [0.3, 0.4) is 0 Å². The fraction of sp³-hybridized carbons (Fsp3) is 0.344. The highest BCUT2D eigenvalue weighted by Gasteiger charge is 2.35. The Bertz CT molecular complexity index is 1690. The van der Waals surface area contributed by atoms with Crippen molar-refractivity contribution in [2.45, 2.75) is 38.0 Å². The number of amides is 3. The summed E-state index contributed by atoms with van der Waals surface area (Å²) in [6, 6.07) is 14.5. The van der Waals surface area contributed by atoms with E-state index in [0.29, 0.717) is 47.8 Å². The van der Waals surface area contributed by atoms with Crippen LogP contribution in [0.2, 0.25) is 0 Å². The molecule has 0 spiro atoms. The van der Waals surface area contributed by atoms with Crippen LogP contribution in [0.5, 0.6) is 17.2 Å². The normalized spacial score (nSPS) is 19.8. The van der Waals surface area contributed by atoms with Gasteiger partial charge in [0.05, 0.1) is 38.6 Å². The summed E-state index contributed by atoms with van der Waals surface area (Å²) < 4.78 is 19.7. The number of fused-ring (bicyclic) bond motifs is 10. The smallest absolute Gasteiger partial charge is 0.259 e. The minimum Gasteiger partial charge on any atom is -0.493 e. The number of aromatic nitrogens is 3. The molecule has 0 aliphatic carbocycles. The van der Waals surface area contributed by atoms with Gasteiger partial charge in [0.1, 0.15) is 11.3 Å². The molecule has 4 aromatic rings. The zero-order valence-corrected chi connectivity index (χ0v) is 24.6. The third kappa shape index (κ3) is 6.35. The van der Waals surface area contributed by atoms with E-state index in [0.717, 1.165) is 11.1 Å². The highest BCUT2D eigenvalue weighted by Crippen LogP contribution is 2.33. The molecule has 3 aliphatic rings. The molecule has 0 radical (unpaired) electrons. The molecule has 12 nitrogen and oxygen atoms in total. The lowest BCUT2D eigenvalue weighted by Crippen LogP contribution is -2.57. The van der Waals surface area contributed by atoms with Gasteiger partial charge in [0.2, 0.25) is 11.8 Å². The maximum Gasteiger partial charge on any atom is 0.259 e. The largest absolute Gasteiger partial charge is 0.493 e. The molecule has 2 aromatic heterocycles. The van der Waals surface area contributed by atoms with E-state index in [1.165, 1.54) is 11.1 Å². The first kappa shape index (κ1) is 29.1. The van der Waals surface area contributed by atoms with Gasteiger partial charge in [0.15, 0.2) is 17.1 Å². The van der Waals surface area contributed by atoms with E-state index in [1.54, 1.807) is 42.0 Å². The Labute approximate surface area is 254 Å². The summed E-state index contributed by atoms with van der Waals surface area (Å²) in [6.07, 6.45) is 5.57. The highest BCUT2D eigenvalue weighted by molar-refractivity contribution is 5.99. The number of hydrogen-bond acceptors (Lipinski definition) is 8. The van der Waals surface area contributed by atoms with Crippen LogP contribution in [0.4, 0.5) is 0 Å². The number of hydrogen-bond donors (Lipinski definition) is 1. The first-order valence-corrected chi connectivity index (χ1v) is 14.5. The third-order valence-electron chi connectivity index (χ3n) is 7.95. The molecule has 0 unspecified atom stereocenters. The number of rotatable bonds is 2. The molecule has 5 heterocycles. The number of piperidine rings is 1. The van der Waals surface area contributed by atoms with Crippen LogP contribution >= 0.6 is 0 Å². The number of ether oxygens (including phenoxy) is 3. The molecule has 0 saturated carbocycles. The van der Waals surface area contributed by atoms with Crippen molar-refractivity contribution in [3.05, 3.63) is 83.8 Å². The maximum absolute atomic E-state index is 13.6. The Morgan fingerprint density at radius 1 is 1.09 bits per heavy atom. The van der Waals surface area contributed by atoms with Crippen molar-refractivity contribution < 1.29 is 28.6 Å². The van der Waals surface area contributed by atoms with Crippen molar-refractivity contribution in [2.24, 2.45) is 0 Å². The summed E-state index contributed by atoms with van der Waals surface area (Å²) in [7, 11) is 3.19. The number of benzene rings is 2. The van der Waals surface area contributed by atoms with Gasteiger partial charge in [0.25, 0.3) is 5.91 Å². The monoisotopic (exact) mass is 598 g/mol. The molecule has 1 fully saturated rings. The maximum atomic E-state index is 13.6. The SMILES string of the molecule is COc1cc2ccc1Oc1cccc(c1)CO[C@H]1CN(C(=O)c3cnn4cccnc34)CC[C@@H]1NC(=O)CN(C)C(=O)CC2. The second kappa shape index (κ2) is 12.7. The van der Waals surface area contributed by atoms with Crippen LogP contribution in [0, 0.1) is 0 Å². The molecule has 7 rings (SSSR count). The van der Waals surface area contributed by atoms with Gasteiger partial charge in [-0.25, -0.2) is 9.50 Å². The van der Waals surface area contributed by atoms with Gasteiger partial charge >= 0.3 is 0 Å². The van der Waals surface area contributed by atoms with Gasteiger partial charge < -0.3 is 29.3 Å². The number of nitrogens with one attached hydrogen (secondary N) is 1. The summed E-state index contributed by atoms with van der Waals surface area (Å²) in [4.78, 5) is 47.0. The van der Waals surface area contributed by atoms with Crippen LogP contribution in [0.1, 0.15) is 34.3 Å². The highest BCUT2D eigenvalue weighted by atomic mass is 16.5. The zero-order valence-electron chi connectivity index (χ0n) is 24.6. The summed E-state index contributed by atoms with van der Waals surface area (Å²) >= 11 is 0. The van der Waals surface area contributed by atoms with Crippen LogP contribution < -0.4 is 14.8 Å². The molecular weight excluding hydrogens is 564 g/mol. The topological polar surface area (TPSA) is 128 Å². The number of carbonyl (C=O) groups is 3. The quantitative estimate of drug-likeness (QED) is 0.373. The Balaban J connectivity index is 1.26. The molecule has 3 amide bonds. The molecule has 1 N–H and O–H groups in total. The summed E-state index contributed by atoms with van der Waals surface area (Å²) in [6.45, 7) is 0.799. The van der Waals surface area contributed by atoms with E-state index in [4.69, 9.17) is 14.2 Å². The van der Waals surface area contributed by atoms with E-state index >= 15 is 0 Å². The van der Waals surface area contributed by atoms with Crippen molar-refractivity contribution in [3.8, 4) is 17.2 Å². The summed E-state index contributed by atoms with van der Waals surface area (Å²) in [5.74, 6) is 1.07. The van der Waals surface area contributed by atoms with Gasteiger partial charge in [-0.15, -0.1) is 0 Å². The second-order valence-electron chi connectivity index (χ2n) is 11.0. The third-order valence-corrected chi connectivity index (χ3v) is 7.95. The van der Waals surface area contributed by atoms with Crippen molar-refractivity contribution in [3.63, 3.8) is 0 Å². The van der Waals surface area contributed by atoms with Crippen LogP contribution in [-0.2, 0) is 27.4 Å². The standard InChI is InChI=1S/C32H34N6O6/c1-36-19-29(39)35-25-11-14-37(32(41)24-17-34-38-13-4-12-33-31(24)38)18-28(25)43-20-22-5-3-6-23(15-22)44-26-9-7-21(8-10-30(36)40)16-27(26)42-2/h3-7,9,12-13,15-17,25,28H,8,10-11,14,18-20H2,1-2H3,(H,35,39)/t25-,28-/m0/s1. The van der Waals surface area contributed by atoms with Crippen molar-refractivity contribution in [2.75, 3.05) is 33.8 Å². The van der Waals surface area contributed by atoms with Crippen molar-refractivity contribution >= 4 is 23.4 Å². The Morgan fingerprint density at radius 2 is 1.98 bits per heavy atom. The van der Waals surface area contributed by atoms with Crippen molar-refractivity contribution in [1.29, 1.82) is 0 Å². The van der Waals surface area contributed by atoms with E-state index < -0.39 is 6.10 Å². The number of likely N-dealkylation sites (tertiary alicyclic amines) is 1. The number of nitrogens with zero attached hydrogens (tertiary/aromatic N) is 5. The lowest BCUT2D eigenvalue weighted by Gasteiger charge is -2.38. The van der Waals surface area contributed by atoms with Crippen LogP contribution in [-0.4, -0.2) is 88.1 Å². The average molecular weight is 599 g/mol. The first-order chi connectivity index (χ1) is 21.4. The van der Waals surface area contributed by atoms with Gasteiger partial charge in [-0.1, -0.05) is 18.2 Å². The van der Waals surface area contributed by atoms with Gasteiger partial charge in [-0.2, -0.15) is 5.10 Å². The predicted molar refractivity (Wildman–Crippen MR) is 159 cm³/mol. The average Bonchev–Trinajstić information content (AvgIpc) is 3.47. The van der Waals surface area contributed by atoms with Crippen LogP contribution in [0.15, 0.2) is 67.1 Å². The fourth-order valence-electron chi connectivity index (χ4n) is 5.56. The molecule has 1 saturated heterocycles. The minimum absolute atomic E-state index is 0.0864. The first-order valence-electron chi connectivity index (χ1n) is 14.5. The molecule has 3 aliphatic heterocycles. The lowest BCUT2D eigenvalue weighted by molar-refractivity contribution is -0.135. The van der Waals surface area contributed by atoms with Crippen molar-refractivity contribution in [1.82, 2.24) is 29.7 Å². The molecule has 2 atom stereocenters. The summed E-state index contributed by atoms with van der Waals surface area (Å²) in [5, 5.41) is 7.31. The fourth-order valence-corrected chi connectivity index (χ4v) is 5.56. The van der Waals surface area contributed by atoms with Crippen LogP contribution in [0.25, 0.3) is 5.65 Å². The summed E-state index contributed by atoms with van der Waals surface area (Å²) in [5.41, 5.74) is 2.66.